The topological polar surface area (TPSA) is 72.4 Å². The number of nitrogens with zero attached hydrogens (tertiary/aromatic N) is 4. The van der Waals surface area contributed by atoms with E-state index in [0.717, 1.165) is 37.4 Å². The van der Waals surface area contributed by atoms with Crippen molar-refractivity contribution in [2.24, 2.45) is 4.99 Å². The van der Waals surface area contributed by atoms with Gasteiger partial charge in [-0.3, -0.25) is 14.5 Å². The first-order valence-electron chi connectivity index (χ1n) is 13.3. The fraction of sp³-hybridized carbons (Fsp3) is 0.379. The highest BCUT2D eigenvalue weighted by Crippen LogP contribution is 2.35. The number of carbonyl (C=O) groups is 1. The first-order valence-corrected chi connectivity index (χ1v) is 14.1. The van der Waals surface area contributed by atoms with Crippen LogP contribution in [0.2, 0.25) is 10.0 Å². The van der Waals surface area contributed by atoms with Crippen LogP contribution in [0, 0.1) is 0 Å². The van der Waals surface area contributed by atoms with Crippen LogP contribution in [0.3, 0.4) is 0 Å². The molecule has 2 N–H and O–H groups in total. The van der Waals surface area contributed by atoms with Crippen LogP contribution < -0.4 is 15.5 Å². The van der Waals surface area contributed by atoms with Crippen LogP contribution >= 0.6 is 23.2 Å². The molecule has 0 saturated carbocycles. The summed E-state index contributed by atoms with van der Waals surface area (Å²) in [7, 11) is 1.82. The van der Waals surface area contributed by atoms with Crippen molar-refractivity contribution in [2.45, 2.75) is 13.3 Å². The highest BCUT2D eigenvalue weighted by Gasteiger charge is 2.29. The van der Waals surface area contributed by atoms with Crippen molar-refractivity contribution in [3.05, 3.63) is 75.9 Å². The summed E-state index contributed by atoms with van der Waals surface area (Å²) in [5, 5.41) is 8.34. The number of halogens is 2. The molecule has 0 aliphatic carbocycles. The third-order valence-electron chi connectivity index (χ3n) is 6.63. The number of anilines is 2. The average Bonchev–Trinajstić information content (AvgIpc) is 2.94. The van der Waals surface area contributed by atoms with Crippen LogP contribution in [0.15, 0.2) is 65.3 Å². The zero-order valence-electron chi connectivity index (χ0n) is 22.5. The fourth-order valence-corrected chi connectivity index (χ4v) is 5.20. The fourth-order valence-electron chi connectivity index (χ4n) is 4.60. The third kappa shape index (κ3) is 7.84. The molecule has 2 aliphatic rings. The van der Waals surface area contributed by atoms with Crippen molar-refractivity contribution >= 4 is 52.4 Å². The maximum absolute atomic E-state index is 13.2. The number of hydroxylamine groups is 2. The van der Waals surface area contributed by atoms with Gasteiger partial charge in [0, 0.05) is 55.9 Å². The number of likely N-dealkylation sites (N-methyl/N-ethyl adjacent to an activating group) is 1. The molecule has 2 aromatic rings. The maximum atomic E-state index is 13.2. The largest absolute Gasteiger partial charge is 0.369 e. The third-order valence-corrected chi connectivity index (χ3v) is 7.26. The van der Waals surface area contributed by atoms with Gasteiger partial charge in [0.1, 0.15) is 0 Å². The second-order valence-corrected chi connectivity index (χ2v) is 10.2. The minimum Gasteiger partial charge on any atom is -0.369 e. The number of amides is 1. The van der Waals surface area contributed by atoms with E-state index < -0.39 is 0 Å². The monoisotopic (exact) mass is 570 g/mol. The first kappa shape index (κ1) is 29.1. The van der Waals surface area contributed by atoms with Gasteiger partial charge in [-0.15, -0.1) is 0 Å². The number of carbonyl (C=O) groups excluding carboxylic acids is 1. The summed E-state index contributed by atoms with van der Waals surface area (Å²) in [5.74, 6) is -0.299. The smallest absolute Gasteiger partial charge is 0.278 e. The van der Waals surface area contributed by atoms with Crippen molar-refractivity contribution < 1.29 is 9.63 Å². The Balaban J connectivity index is 1.42. The van der Waals surface area contributed by atoms with E-state index in [1.807, 2.05) is 7.05 Å². The Hall–Kier alpha value is -2.88. The summed E-state index contributed by atoms with van der Waals surface area (Å²) in [6, 6.07) is 13.6. The van der Waals surface area contributed by atoms with Gasteiger partial charge in [0.05, 0.1) is 35.1 Å². The summed E-state index contributed by atoms with van der Waals surface area (Å²) in [4.78, 5) is 28.3. The van der Waals surface area contributed by atoms with Crippen molar-refractivity contribution in [2.75, 3.05) is 69.7 Å². The van der Waals surface area contributed by atoms with Gasteiger partial charge in [-0.1, -0.05) is 36.2 Å². The second-order valence-electron chi connectivity index (χ2n) is 9.44. The Labute approximate surface area is 240 Å². The molecule has 0 aromatic heterocycles. The summed E-state index contributed by atoms with van der Waals surface area (Å²) < 4.78 is 0. The van der Waals surface area contributed by atoms with E-state index in [1.54, 1.807) is 36.8 Å². The van der Waals surface area contributed by atoms with Gasteiger partial charge < -0.3 is 15.5 Å². The maximum Gasteiger partial charge on any atom is 0.278 e. The number of aliphatic imine (C=N–C) groups is 1. The minimum atomic E-state index is -0.299. The van der Waals surface area contributed by atoms with Crippen LogP contribution in [0.5, 0.6) is 0 Å². The lowest BCUT2D eigenvalue weighted by Gasteiger charge is -2.36. The van der Waals surface area contributed by atoms with Gasteiger partial charge in [0.25, 0.3) is 5.91 Å². The van der Waals surface area contributed by atoms with Crippen LogP contribution in [0.25, 0.3) is 5.57 Å². The number of benzene rings is 2. The van der Waals surface area contributed by atoms with Crippen LogP contribution in [0.1, 0.15) is 18.9 Å². The van der Waals surface area contributed by atoms with Crippen LogP contribution in [-0.2, 0) is 9.63 Å². The van der Waals surface area contributed by atoms with Crippen molar-refractivity contribution in [3.8, 4) is 0 Å². The molecule has 2 aliphatic heterocycles. The number of nitrogens with one attached hydrogen (secondary N) is 2. The molecule has 1 amide bonds. The zero-order valence-corrected chi connectivity index (χ0v) is 24.0. The van der Waals surface area contributed by atoms with Crippen molar-refractivity contribution in [3.63, 3.8) is 0 Å². The van der Waals surface area contributed by atoms with Gasteiger partial charge >= 0.3 is 0 Å². The molecule has 1 fully saturated rings. The van der Waals surface area contributed by atoms with Gasteiger partial charge in [0.2, 0.25) is 0 Å². The molecule has 2 heterocycles. The van der Waals surface area contributed by atoms with Crippen LogP contribution in [-0.4, -0.2) is 81.7 Å². The lowest BCUT2D eigenvalue weighted by Crippen LogP contribution is -2.46. The summed E-state index contributed by atoms with van der Waals surface area (Å²) >= 11 is 12.8. The van der Waals surface area contributed by atoms with Gasteiger partial charge in [0.15, 0.2) is 0 Å². The average molecular weight is 572 g/mol. The highest BCUT2D eigenvalue weighted by molar-refractivity contribution is 6.40. The number of hydrogen-bond donors (Lipinski definition) is 2. The van der Waals surface area contributed by atoms with E-state index in [4.69, 9.17) is 28.0 Å². The first-order chi connectivity index (χ1) is 19.0. The molecule has 0 radical (unpaired) electrons. The minimum absolute atomic E-state index is 0.256. The standard InChI is InChI=1S/C29H36Cl2N6O2/c1-3-12-35-13-15-36(16-14-35)24-9-7-23(8-10-24)34-21-33-19-22-18-25(28-26(30)5-4-6-27(28)31)29(38)37(20-22)39-17-11-32-2/h4-10,18-19,21,32H,3,11-17,20H2,1-2H3,(H,33,34)/b22-19-. The molecule has 8 nitrogen and oxygen atoms in total. The molecular weight excluding hydrogens is 535 g/mol. The molecular formula is C29H36Cl2N6O2. The van der Waals surface area contributed by atoms with E-state index >= 15 is 0 Å². The summed E-state index contributed by atoms with van der Waals surface area (Å²) in [6.07, 6.45) is 6.29. The Morgan fingerprint density at radius 1 is 1.05 bits per heavy atom. The van der Waals surface area contributed by atoms with E-state index in [2.05, 4.69) is 56.6 Å². The number of rotatable bonds is 11. The highest BCUT2D eigenvalue weighted by atomic mass is 35.5. The van der Waals surface area contributed by atoms with Gasteiger partial charge in [-0.05, 0) is 68.1 Å². The predicted molar refractivity (Wildman–Crippen MR) is 162 cm³/mol. The Kier molecular flexibility index (Phi) is 10.8. The molecule has 39 heavy (non-hydrogen) atoms. The Morgan fingerprint density at radius 3 is 2.44 bits per heavy atom. The molecule has 0 bridgehead atoms. The van der Waals surface area contributed by atoms with E-state index in [9.17, 15) is 4.79 Å². The Morgan fingerprint density at radius 2 is 1.77 bits per heavy atom. The Bertz CT molecular complexity index is 1190. The molecule has 208 valence electrons. The number of hydrogen-bond acceptors (Lipinski definition) is 6. The second kappa shape index (κ2) is 14.5. The molecule has 4 rings (SSSR count). The lowest BCUT2D eigenvalue weighted by atomic mass is 9.99. The quantitative estimate of drug-likeness (QED) is 0.227. The molecule has 2 aromatic carbocycles. The lowest BCUT2D eigenvalue weighted by molar-refractivity contribution is -0.177. The van der Waals surface area contributed by atoms with E-state index in [0.29, 0.717) is 34.3 Å². The molecule has 0 atom stereocenters. The van der Waals surface area contributed by atoms with Gasteiger partial charge in [-0.2, -0.15) is 0 Å². The van der Waals surface area contributed by atoms with Gasteiger partial charge in [-0.25, -0.2) is 10.1 Å². The predicted octanol–water partition coefficient (Wildman–Crippen LogP) is 4.93. The summed E-state index contributed by atoms with van der Waals surface area (Å²) in [5.41, 5.74) is 3.80. The van der Waals surface area contributed by atoms with Crippen molar-refractivity contribution in [1.82, 2.24) is 15.3 Å². The SMILES string of the molecule is CCCN1CCN(c2ccc(NC=N/C=C3/C=C(c4c(Cl)cccc4Cl)C(=O)N(OCCNC)C3)cc2)CC1. The molecule has 0 spiro atoms. The zero-order chi connectivity index (χ0) is 27.6. The van der Waals surface area contributed by atoms with E-state index in [1.165, 1.54) is 23.7 Å². The molecule has 0 unspecified atom stereocenters. The van der Waals surface area contributed by atoms with Crippen LogP contribution in [0.4, 0.5) is 11.4 Å². The van der Waals surface area contributed by atoms with E-state index in [-0.39, 0.29) is 12.5 Å². The molecule has 1 saturated heterocycles. The molecule has 10 heteroatoms. The normalized spacial score (nSPS) is 17.8. The number of piperazine rings is 1. The summed E-state index contributed by atoms with van der Waals surface area (Å²) in [6.45, 7) is 8.92. The van der Waals surface area contributed by atoms with Crippen molar-refractivity contribution in [1.29, 1.82) is 0 Å².